The number of hydrogen-bond donors (Lipinski definition) is 1. The van der Waals surface area contributed by atoms with Gasteiger partial charge in [-0.3, -0.25) is 0 Å². The number of nitrogens with one attached hydrogen (secondary N) is 1. The summed E-state index contributed by atoms with van der Waals surface area (Å²) in [5.74, 6) is 2.20. The summed E-state index contributed by atoms with van der Waals surface area (Å²) in [4.78, 5) is 0. The topological polar surface area (TPSA) is 39.7 Å². The highest BCUT2D eigenvalue weighted by Crippen LogP contribution is 2.30. The normalized spacial score (nSPS) is 10.1. The number of benzene rings is 2. The molecule has 0 heterocycles. The molecule has 4 nitrogen and oxygen atoms in total. The standard InChI is InChI=1S/C16H18ClNO3/c1-19-12-5-7-16(21-3)14(9-12)18-10-11-4-6-15(20-2)13(17)8-11/h4-9,18H,10H2,1-3H3. The molecule has 0 amide bonds. The van der Waals surface area contributed by atoms with Gasteiger partial charge < -0.3 is 19.5 Å². The van der Waals surface area contributed by atoms with Crippen LogP contribution in [-0.2, 0) is 6.54 Å². The van der Waals surface area contributed by atoms with Crippen LogP contribution in [0.25, 0.3) is 0 Å². The Morgan fingerprint density at radius 2 is 1.62 bits per heavy atom. The molecule has 2 aromatic rings. The highest BCUT2D eigenvalue weighted by Gasteiger charge is 2.06. The zero-order chi connectivity index (χ0) is 15.2. The third kappa shape index (κ3) is 3.73. The molecular formula is C16H18ClNO3. The van der Waals surface area contributed by atoms with E-state index >= 15 is 0 Å². The van der Waals surface area contributed by atoms with Gasteiger partial charge in [0, 0.05) is 12.6 Å². The zero-order valence-corrected chi connectivity index (χ0v) is 13.0. The lowest BCUT2D eigenvalue weighted by atomic mass is 10.2. The molecule has 0 spiro atoms. The van der Waals surface area contributed by atoms with Gasteiger partial charge in [-0.25, -0.2) is 0 Å². The van der Waals surface area contributed by atoms with Crippen molar-refractivity contribution in [2.24, 2.45) is 0 Å². The molecular weight excluding hydrogens is 290 g/mol. The van der Waals surface area contributed by atoms with Gasteiger partial charge in [-0.1, -0.05) is 17.7 Å². The molecule has 0 atom stereocenters. The Hall–Kier alpha value is -2.07. The highest BCUT2D eigenvalue weighted by molar-refractivity contribution is 6.32. The summed E-state index contributed by atoms with van der Waals surface area (Å²) in [6.07, 6.45) is 0. The first-order chi connectivity index (χ1) is 10.2. The second-order valence-corrected chi connectivity index (χ2v) is 4.80. The summed E-state index contributed by atoms with van der Waals surface area (Å²) in [6.45, 7) is 0.618. The van der Waals surface area contributed by atoms with E-state index < -0.39 is 0 Å². The second-order valence-electron chi connectivity index (χ2n) is 4.39. The van der Waals surface area contributed by atoms with Crippen molar-refractivity contribution < 1.29 is 14.2 Å². The van der Waals surface area contributed by atoms with Crippen LogP contribution in [0.1, 0.15) is 5.56 Å². The van der Waals surface area contributed by atoms with Gasteiger partial charge in [-0.2, -0.15) is 0 Å². The van der Waals surface area contributed by atoms with Crippen molar-refractivity contribution >= 4 is 17.3 Å². The van der Waals surface area contributed by atoms with Crippen LogP contribution in [0.15, 0.2) is 36.4 Å². The molecule has 0 unspecified atom stereocenters. The van der Waals surface area contributed by atoms with E-state index in [0.29, 0.717) is 17.3 Å². The molecule has 5 heteroatoms. The van der Waals surface area contributed by atoms with Crippen molar-refractivity contribution in [1.29, 1.82) is 0 Å². The van der Waals surface area contributed by atoms with Crippen LogP contribution >= 0.6 is 11.6 Å². The molecule has 0 aliphatic carbocycles. The van der Waals surface area contributed by atoms with Crippen LogP contribution in [0.2, 0.25) is 5.02 Å². The smallest absolute Gasteiger partial charge is 0.142 e. The molecule has 0 aromatic heterocycles. The zero-order valence-electron chi connectivity index (χ0n) is 12.3. The minimum absolute atomic E-state index is 0.592. The Labute approximate surface area is 129 Å². The van der Waals surface area contributed by atoms with Crippen molar-refractivity contribution in [1.82, 2.24) is 0 Å². The van der Waals surface area contributed by atoms with Crippen LogP contribution in [-0.4, -0.2) is 21.3 Å². The molecule has 0 bridgehead atoms. The quantitative estimate of drug-likeness (QED) is 0.876. The summed E-state index contributed by atoms with van der Waals surface area (Å²) in [6, 6.07) is 11.3. The summed E-state index contributed by atoms with van der Waals surface area (Å²) >= 11 is 6.12. The number of methoxy groups -OCH3 is 3. The largest absolute Gasteiger partial charge is 0.497 e. The molecule has 1 N–H and O–H groups in total. The fraction of sp³-hybridized carbons (Fsp3) is 0.250. The Morgan fingerprint density at radius 3 is 2.24 bits per heavy atom. The van der Waals surface area contributed by atoms with E-state index in [9.17, 15) is 0 Å². The fourth-order valence-corrected chi connectivity index (χ4v) is 2.25. The Kier molecular flexibility index (Phi) is 5.17. The lowest BCUT2D eigenvalue weighted by molar-refractivity contribution is 0.404. The van der Waals surface area contributed by atoms with Crippen LogP contribution < -0.4 is 19.5 Å². The molecule has 21 heavy (non-hydrogen) atoms. The van der Waals surface area contributed by atoms with E-state index in [2.05, 4.69) is 5.32 Å². The highest BCUT2D eigenvalue weighted by atomic mass is 35.5. The van der Waals surface area contributed by atoms with Gasteiger partial charge in [0.2, 0.25) is 0 Å². The predicted molar refractivity (Wildman–Crippen MR) is 84.9 cm³/mol. The third-order valence-corrected chi connectivity index (χ3v) is 3.40. The average Bonchev–Trinajstić information content (AvgIpc) is 2.52. The summed E-state index contributed by atoms with van der Waals surface area (Å²) in [5, 5.41) is 3.91. The minimum atomic E-state index is 0.592. The van der Waals surface area contributed by atoms with Gasteiger partial charge >= 0.3 is 0 Å². The van der Waals surface area contributed by atoms with Crippen molar-refractivity contribution in [2.45, 2.75) is 6.54 Å². The second kappa shape index (κ2) is 7.09. The molecule has 0 aliphatic rings. The third-order valence-electron chi connectivity index (χ3n) is 3.11. The molecule has 0 saturated heterocycles. The SMILES string of the molecule is COc1ccc(OC)c(NCc2ccc(OC)c(Cl)c2)c1. The maximum atomic E-state index is 6.12. The van der Waals surface area contributed by atoms with Crippen LogP contribution in [0.4, 0.5) is 5.69 Å². The van der Waals surface area contributed by atoms with Crippen LogP contribution in [0.5, 0.6) is 17.2 Å². The molecule has 0 fully saturated rings. The lowest BCUT2D eigenvalue weighted by Crippen LogP contribution is -2.02. The first-order valence-electron chi connectivity index (χ1n) is 6.46. The summed E-state index contributed by atoms with van der Waals surface area (Å²) in [5.41, 5.74) is 1.91. The van der Waals surface area contributed by atoms with E-state index in [1.165, 1.54) is 0 Å². The average molecular weight is 308 g/mol. The molecule has 112 valence electrons. The molecule has 0 radical (unpaired) electrons. The van der Waals surface area contributed by atoms with Gasteiger partial charge in [0.25, 0.3) is 0 Å². The summed E-state index contributed by atoms with van der Waals surface area (Å²) in [7, 11) is 4.87. The van der Waals surface area contributed by atoms with Gasteiger partial charge in [-0.05, 0) is 29.8 Å². The Morgan fingerprint density at radius 1 is 0.905 bits per heavy atom. The van der Waals surface area contributed by atoms with Crippen molar-refractivity contribution in [3.63, 3.8) is 0 Å². The fourth-order valence-electron chi connectivity index (χ4n) is 1.97. The monoisotopic (exact) mass is 307 g/mol. The molecule has 0 aliphatic heterocycles. The van der Waals surface area contributed by atoms with Crippen molar-refractivity contribution in [3.8, 4) is 17.2 Å². The van der Waals surface area contributed by atoms with E-state index in [1.54, 1.807) is 21.3 Å². The van der Waals surface area contributed by atoms with E-state index in [0.717, 1.165) is 22.7 Å². The number of rotatable bonds is 6. The van der Waals surface area contributed by atoms with Gasteiger partial charge in [0.15, 0.2) is 0 Å². The van der Waals surface area contributed by atoms with Gasteiger partial charge in [0.1, 0.15) is 17.2 Å². The van der Waals surface area contributed by atoms with E-state index in [-0.39, 0.29) is 0 Å². The van der Waals surface area contributed by atoms with Crippen LogP contribution in [0.3, 0.4) is 0 Å². The Bertz CT molecular complexity index is 616. The molecule has 0 saturated carbocycles. The molecule has 2 aromatic carbocycles. The predicted octanol–water partition coefficient (Wildman–Crippen LogP) is 3.98. The van der Waals surface area contributed by atoms with Crippen LogP contribution in [0, 0.1) is 0 Å². The van der Waals surface area contributed by atoms with E-state index in [4.69, 9.17) is 25.8 Å². The maximum Gasteiger partial charge on any atom is 0.142 e. The van der Waals surface area contributed by atoms with Gasteiger partial charge in [-0.15, -0.1) is 0 Å². The summed E-state index contributed by atoms with van der Waals surface area (Å²) < 4.78 is 15.7. The number of ether oxygens (including phenoxy) is 3. The lowest BCUT2D eigenvalue weighted by Gasteiger charge is -2.13. The maximum absolute atomic E-state index is 6.12. The number of anilines is 1. The molecule has 2 rings (SSSR count). The first-order valence-corrected chi connectivity index (χ1v) is 6.84. The Balaban J connectivity index is 2.13. The van der Waals surface area contributed by atoms with E-state index in [1.807, 2.05) is 36.4 Å². The van der Waals surface area contributed by atoms with Crippen molar-refractivity contribution in [3.05, 3.63) is 47.0 Å². The first kappa shape index (κ1) is 15.3. The van der Waals surface area contributed by atoms with Gasteiger partial charge in [0.05, 0.1) is 32.0 Å². The van der Waals surface area contributed by atoms with Crippen molar-refractivity contribution in [2.75, 3.05) is 26.6 Å². The number of halogens is 1. The minimum Gasteiger partial charge on any atom is -0.497 e. The number of hydrogen-bond acceptors (Lipinski definition) is 4.